The molecule has 0 aromatic heterocycles. The van der Waals surface area contributed by atoms with Crippen LogP contribution in [0, 0.1) is 0 Å². The summed E-state index contributed by atoms with van der Waals surface area (Å²) in [7, 11) is 1.80. The Labute approximate surface area is 124 Å². The van der Waals surface area contributed by atoms with Gasteiger partial charge in [-0.3, -0.25) is 14.5 Å². The van der Waals surface area contributed by atoms with Gasteiger partial charge in [0, 0.05) is 30.7 Å². The molecule has 0 aliphatic carbocycles. The maximum Gasteiger partial charge on any atom is 0.236 e. The van der Waals surface area contributed by atoms with Crippen molar-refractivity contribution in [1.82, 2.24) is 9.80 Å². The summed E-state index contributed by atoms with van der Waals surface area (Å²) in [5.41, 5.74) is 0.631. The molecule has 1 aliphatic heterocycles. The van der Waals surface area contributed by atoms with Crippen molar-refractivity contribution in [3.63, 3.8) is 0 Å². The first-order valence-corrected chi connectivity index (χ1v) is 7.14. The molecule has 1 aromatic rings. The molecule has 0 N–H and O–H groups in total. The largest absolute Gasteiger partial charge is 0.345 e. The number of Topliss-reactive ketones (excluding diaryl/α,β-unsaturated/α-hetero) is 1. The van der Waals surface area contributed by atoms with Gasteiger partial charge in [0.25, 0.3) is 0 Å². The molecular formula is C15H19ClN2O2. The van der Waals surface area contributed by atoms with Crippen LogP contribution in [0.4, 0.5) is 0 Å². The van der Waals surface area contributed by atoms with Crippen LogP contribution in [0.2, 0.25) is 5.02 Å². The number of rotatable bonds is 3. The fraction of sp³-hybridized carbons (Fsp3) is 0.467. The SMILES string of the molecule is CC(C(=O)c1ccc(Cl)cc1)N1CCCN(C)C(=O)C1. The predicted octanol–water partition coefficient (Wildman–Crippen LogP) is 2.08. The fourth-order valence-electron chi connectivity index (χ4n) is 2.36. The lowest BCUT2D eigenvalue weighted by Gasteiger charge is -2.25. The smallest absolute Gasteiger partial charge is 0.236 e. The highest BCUT2D eigenvalue weighted by Gasteiger charge is 2.27. The molecule has 20 heavy (non-hydrogen) atoms. The quantitative estimate of drug-likeness (QED) is 0.802. The molecule has 0 bridgehead atoms. The number of likely N-dealkylation sites (N-methyl/N-ethyl adjacent to an activating group) is 1. The fourth-order valence-corrected chi connectivity index (χ4v) is 2.49. The molecule has 1 fully saturated rings. The van der Waals surface area contributed by atoms with Crippen molar-refractivity contribution < 1.29 is 9.59 Å². The lowest BCUT2D eigenvalue weighted by molar-refractivity contribution is -0.130. The summed E-state index contributed by atoms with van der Waals surface area (Å²) in [6.07, 6.45) is 0.889. The van der Waals surface area contributed by atoms with E-state index in [1.54, 1.807) is 36.2 Å². The number of halogens is 1. The summed E-state index contributed by atoms with van der Waals surface area (Å²) in [6, 6.07) is 6.58. The van der Waals surface area contributed by atoms with Crippen molar-refractivity contribution >= 4 is 23.3 Å². The Kier molecular flexibility index (Phi) is 4.78. The average molecular weight is 295 g/mol. The highest BCUT2D eigenvalue weighted by Crippen LogP contribution is 2.15. The minimum Gasteiger partial charge on any atom is -0.345 e. The summed E-state index contributed by atoms with van der Waals surface area (Å²) in [5.74, 6) is 0.0947. The Morgan fingerprint density at radius 2 is 1.90 bits per heavy atom. The third-order valence-corrected chi connectivity index (χ3v) is 4.01. The molecule has 5 heteroatoms. The van der Waals surface area contributed by atoms with Gasteiger partial charge in [-0.15, -0.1) is 0 Å². The third-order valence-electron chi connectivity index (χ3n) is 3.76. The number of benzene rings is 1. The van der Waals surface area contributed by atoms with E-state index in [0.29, 0.717) is 17.1 Å². The second kappa shape index (κ2) is 6.37. The molecule has 108 valence electrons. The van der Waals surface area contributed by atoms with E-state index in [4.69, 9.17) is 11.6 Å². The van der Waals surface area contributed by atoms with Gasteiger partial charge in [-0.2, -0.15) is 0 Å². The van der Waals surface area contributed by atoms with Crippen LogP contribution in [0.25, 0.3) is 0 Å². The van der Waals surface area contributed by atoms with Crippen LogP contribution in [0.5, 0.6) is 0 Å². The van der Waals surface area contributed by atoms with E-state index in [1.807, 2.05) is 11.8 Å². The average Bonchev–Trinajstić information content (AvgIpc) is 2.60. The van der Waals surface area contributed by atoms with E-state index in [0.717, 1.165) is 19.5 Å². The summed E-state index contributed by atoms with van der Waals surface area (Å²) in [6.45, 7) is 3.67. The van der Waals surface area contributed by atoms with Gasteiger partial charge in [0.2, 0.25) is 5.91 Å². The van der Waals surface area contributed by atoms with E-state index >= 15 is 0 Å². The van der Waals surface area contributed by atoms with Crippen molar-refractivity contribution in [3.8, 4) is 0 Å². The molecule has 0 radical (unpaired) electrons. The third kappa shape index (κ3) is 3.38. The Hall–Kier alpha value is -1.39. The highest BCUT2D eigenvalue weighted by atomic mass is 35.5. The molecule has 4 nitrogen and oxygen atoms in total. The zero-order valence-corrected chi connectivity index (χ0v) is 12.6. The number of amides is 1. The number of hydrogen-bond donors (Lipinski definition) is 0. The van der Waals surface area contributed by atoms with Crippen molar-refractivity contribution in [2.45, 2.75) is 19.4 Å². The molecule has 1 unspecified atom stereocenters. The number of carbonyl (C=O) groups excluding carboxylic acids is 2. The number of carbonyl (C=O) groups is 2. The molecule has 1 saturated heterocycles. The molecule has 0 spiro atoms. The number of nitrogens with zero attached hydrogens (tertiary/aromatic N) is 2. The van der Waals surface area contributed by atoms with Crippen LogP contribution < -0.4 is 0 Å². The van der Waals surface area contributed by atoms with Gasteiger partial charge in [0.05, 0.1) is 12.6 Å². The molecular weight excluding hydrogens is 276 g/mol. The second-order valence-electron chi connectivity index (χ2n) is 5.19. The number of hydrogen-bond acceptors (Lipinski definition) is 3. The Morgan fingerprint density at radius 1 is 1.25 bits per heavy atom. The van der Waals surface area contributed by atoms with Crippen LogP contribution >= 0.6 is 11.6 Å². The van der Waals surface area contributed by atoms with Gasteiger partial charge in [-0.1, -0.05) is 11.6 Å². The Balaban J connectivity index is 2.09. The Morgan fingerprint density at radius 3 is 2.55 bits per heavy atom. The lowest BCUT2D eigenvalue weighted by atomic mass is 10.0. The minimum absolute atomic E-state index is 0.0269. The summed E-state index contributed by atoms with van der Waals surface area (Å²) < 4.78 is 0. The van der Waals surface area contributed by atoms with Gasteiger partial charge in [-0.25, -0.2) is 0 Å². The van der Waals surface area contributed by atoms with Crippen LogP contribution in [-0.4, -0.2) is 54.2 Å². The first-order valence-electron chi connectivity index (χ1n) is 6.77. The molecule has 1 aliphatic rings. The van der Waals surface area contributed by atoms with Crippen molar-refractivity contribution in [2.75, 3.05) is 26.7 Å². The maximum absolute atomic E-state index is 12.4. The van der Waals surface area contributed by atoms with E-state index in [-0.39, 0.29) is 17.7 Å². The van der Waals surface area contributed by atoms with Gasteiger partial charge < -0.3 is 4.90 Å². The van der Waals surface area contributed by atoms with Gasteiger partial charge >= 0.3 is 0 Å². The van der Waals surface area contributed by atoms with Crippen LogP contribution in [0.1, 0.15) is 23.7 Å². The molecule has 2 rings (SSSR count). The molecule has 1 heterocycles. The maximum atomic E-state index is 12.4. The summed E-state index contributed by atoms with van der Waals surface area (Å²) in [4.78, 5) is 28.0. The van der Waals surface area contributed by atoms with Gasteiger partial charge in [0.15, 0.2) is 5.78 Å². The van der Waals surface area contributed by atoms with Gasteiger partial charge in [-0.05, 0) is 37.6 Å². The molecule has 1 atom stereocenters. The standard InChI is InChI=1S/C15H19ClN2O2/c1-11(15(20)12-4-6-13(16)7-5-12)18-9-3-8-17(2)14(19)10-18/h4-7,11H,3,8-10H2,1-2H3. The van der Waals surface area contributed by atoms with E-state index in [9.17, 15) is 9.59 Å². The summed E-state index contributed by atoms with van der Waals surface area (Å²) in [5, 5.41) is 0.612. The zero-order valence-electron chi connectivity index (χ0n) is 11.8. The zero-order chi connectivity index (χ0) is 14.7. The van der Waals surface area contributed by atoms with E-state index in [1.165, 1.54) is 0 Å². The van der Waals surface area contributed by atoms with Crippen molar-refractivity contribution in [1.29, 1.82) is 0 Å². The Bertz CT molecular complexity index is 501. The molecule has 1 aromatic carbocycles. The van der Waals surface area contributed by atoms with Gasteiger partial charge in [0.1, 0.15) is 0 Å². The van der Waals surface area contributed by atoms with E-state index in [2.05, 4.69) is 0 Å². The van der Waals surface area contributed by atoms with Crippen molar-refractivity contribution in [2.24, 2.45) is 0 Å². The van der Waals surface area contributed by atoms with Crippen molar-refractivity contribution in [3.05, 3.63) is 34.9 Å². The lowest BCUT2D eigenvalue weighted by Crippen LogP contribution is -2.43. The first kappa shape index (κ1) is 15.0. The monoisotopic (exact) mass is 294 g/mol. The summed E-state index contributed by atoms with van der Waals surface area (Å²) >= 11 is 5.83. The van der Waals surface area contributed by atoms with Crippen LogP contribution in [-0.2, 0) is 4.79 Å². The molecule has 1 amide bonds. The minimum atomic E-state index is -0.299. The van der Waals surface area contributed by atoms with Crippen LogP contribution in [0.15, 0.2) is 24.3 Å². The highest BCUT2D eigenvalue weighted by molar-refractivity contribution is 6.30. The number of ketones is 1. The first-order chi connectivity index (χ1) is 9.49. The normalized spacial score (nSPS) is 18.8. The molecule has 0 saturated carbocycles. The van der Waals surface area contributed by atoms with Crippen LogP contribution in [0.3, 0.4) is 0 Å². The predicted molar refractivity (Wildman–Crippen MR) is 79.1 cm³/mol. The topological polar surface area (TPSA) is 40.6 Å². The second-order valence-corrected chi connectivity index (χ2v) is 5.62. The van der Waals surface area contributed by atoms with E-state index < -0.39 is 0 Å².